The van der Waals surface area contributed by atoms with Gasteiger partial charge in [-0.05, 0) is 56.1 Å². The molecule has 2 aliphatic heterocycles. The van der Waals surface area contributed by atoms with E-state index in [4.69, 9.17) is 5.73 Å². The summed E-state index contributed by atoms with van der Waals surface area (Å²) < 4.78 is 0. The molecule has 0 spiro atoms. The Morgan fingerprint density at radius 2 is 1.88 bits per heavy atom. The predicted octanol–water partition coefficient (Wildman–Crippen LogP) is 2.07. The quantitative estimate of drug-likeness (QED) is 0.648. The van der Waals surface area contributed by atoms with Gasteiger partial charge in [-0.15, -0.1) is 0 Å². The number of nitrogens with one attached hydrogen (secondary N) is 1. The molecule has 2 heterocycles. The summed E-state index contributed by atoms with van der Waals surface area (Å²) in [6, 6.07) is 12.3. The molecule has 0 saturated carbocycles. The van der Waals surface area contributed by atoms with E-state index in [1.165, 1.54) is 0 Å². The van der Waals surface area contributed by atoms with Gasteiger partial charge >= 0.3 is 0 Å². The Kier molecular flexibility index (Phi) is 6.05. The molecule has 166 valence electrons. The van der Waals surface area contributed by atoms with Gasteiger partial charge in [0.1, 0.15) is 0 Å². The highest BCUT2D eigenvalue weighted by atomic mass is 16.2. The molecule has 2 aliphatic rings. The summed E-state index contributed by atoms with van der Waals surface area (Å²) in [6.45, 7) is 3.26. The van der Waals surface area contributed by atoms with Gasteiger partial charge in [-0.2, -0.15) is 0 Å². The minimum atomic E-state index is -0.366. The first kappa shape index (κ1) is 21.7. The summed E-state index contributed by atoms with van der Waals surface area (Å²) >= 11 is 0. The molecule has 1 unspecified atom stereocenters. The number of aryl methyl sites for hydroxylation is 1. The molecular formula is C24H26N4O4. The lowest BCUT2D eigenvalue weighted by Crippen LogP contribution is -2.39. The molecule has 0 aromatic heterocycles. The Bertz CT molecular complexity index is 1100. The third kappa shape index (κ3) is 4.40. The van der Waals surface area contributed by atoms with Gasteiger partial charge in [0.25, 0.3) is 11.8 Å². The zero-order valence-corrected chi connectivity index (χ0v) is 18.0. The number of carbonyl (C=O) groups is 4. The maximum Gasteiger partial charge on any atom is 0.261 e. The van der Waals surface area contributed by atoms with Gasteiger partial charge in [-0.25, -0.2) is 0 Å². The van der Waals surface area contributed by atoms with Crippen LogP contribution in [-0.2, 0) is 16.1 Å². The zero-order chi connectivity index (χ0) is 22.8. The number of nitrogens with zero attached hydrogens (tertiary/aromatic N) is 2. The molecule has 0 bridgehead atoms. The van der Waals surface area contributed by atoms with Crippen LogP contribution in [0.1, 0.15) is 51.1 Å². The molecule has 2 aromatic rings. The van der Waals surface area contributed by atoms with Gasteiger partial charge in [0.15, 0.2) is 0 Å². The summed E-state index contributed by atoms with van der Waals surface area (Å²) in [5.41, 5.74) is 8.75. The van der Waals surface area contributed by atoms with Gasteiger partial charge < -0.3 is 11.1 Å². The highest BCUT2D eigenvalue weighted by Gasteiger charge is 2.35. The van der Waals surface area contributed by atoms with Crippen LogP contribution in [0.3, 0.4) is 0 Å². The predicted molar refractivity (Wildman–Crippen MR) is 119 cm³/mol. The number of anilines is 1. The fraction of sp³-hybridized carbons (Fsp3) is 0.333. The van der Waals surface area contributed by atoms with E-state index in [1.807, 2.05) is 30.0 Å². The minimum absolute atomic E-state index is 0.00452. The molecule has 32 heavy (non-hydrogen) atoms. The third-order valence-electron chi connectivity index (χ3n) is 5.98. The monoisotopic (exact) mass is 434 g/mol. The lowest BCUT2D eigenvalue weighted by molar-refractivity contribution is -0.122. The number of imide groups is 1. The number of hydrogen-bond donors (Lipinski definition) is 2. The number of benzene rings is 2. The summed E-state index contributed by atoms with van der Waals surface area (Å²) in [5.74, 6) is -1.33. The van der Waals surface area contributed by atoms with Crippen molar-refractivity contribution in [1.82, 2.24) is 9.80 Å². The van der Waals surface area contributed by atoms with Gasteiger partial charge in [-0.3, -0.25) is 29.0 Å². The van der Waals surface area contributed by atoms with E-state index >= 15 is 0 Å². The molecule has 0 radical (unpaired) electrons. The van der Waals surface area contributed by atoms with Crippen LogP contribution < -0.4 is 11.1 Å². The van der Waals surface area contributed by atoms with Crippen LogP contribution in [-0.4, -0.2) is 52.6 Å². The maximum absolute atomic E-state index is 12.5. The van der Waals surface area contributed by atoms with Crippen LogP contribution in [0.25, 0.3) is 0 Å². The second-order valence-electron chi connectivity index (χ2n) is 8.34. The number of likely N-dealkylation sites (tertiary alicyclic amines) is 1. The van der Waals surface area contributed by atoms with E-state index in [0.717, 1.165) is 35.4 Å². The average Bonchev–Trinajstić information content (AvgIpc) is 3.30. The van der Waals surface area contributed by atoms with Crippen LogP contribution in [0.2, 0.25) is 0 Å². The first-order valence-corrected chi connectivity index (χ1v) is 10.7. The highest BCUT2D eigenvalue weighted by molar-refractivity contribution is 6.21. The topological polar surface area (TPSA) is 113 Å². The lowest BCUT2D eigenvalue weighted by Gasteiger charge is -2.22. The molecule has 4 rings (SSSR count). The Morgan fingerprint density at radius 1 is 1.09 bits per heavy atom. The van der Waals surface area contributed by atoms with Crippen LogP contribution in [0.4, 0.5) is 5.69 Å². The first-order valence-electron chi connectivity index (χ1n) is 10.7. The normalized spacial score (nSPS) is 18.2. The van der Waals surface area contributed by atoms with Gasteiger partial charge in [-0.1, -0.05) is 23.8 Å². The molecule has 1 atom stereocenters. The summed E-state index contributed by atoms with van der Waals surface area (Å²) in [4.78, 5) is 52.3. The standard InChI is InChI=1S/C24H26N4O4/c1-15-7-8-18-19(12-15)24(32)28(23(18)31)11-9-21(29)26-17-5-2-4-16(13-17)14-27-10-3-6-20(27)22(25)30/h2,4-5,7-8,12-13,20H,3,6,9-11,14H2,1H3,(H2,25,30)(H,26,29). The molecule has 4 amide bonds. The van der Waals surface area contributed by atoms with Crippen molar-refractivity contribution in [1.29, 1.82) is 0 Å². The van der Waals surface area contributed by atoms with E-state index < -0.39 is 0 Å². The van der Waals surface area contributed by atoms with Crippen molar-refractivity contribution in [3.8, 4) is 0 Å². The number of carbonyl (C=O) groups excluding carboxylic acids is 4. The van der Waals surface area contributed by atoms with E-state index in [1.54, 1.807) is 24.3 Å². The maximum atomic E-state index is 12.5. The molecule has 3 N–H and O–H groups in total. The SMILES string of the molecule is Cc1ccc2c(c1)C(=O)N(CCC(=O)Nc1cccc(CN3CCCC3C(N)=O)c1)C2=O. The number of amides is 4. The third-order valence-corrected chi connectivity index (χ3v) is 5.98. The van der Waals surface area contributed by atoms with Gasteiger partial charge in [0.05, 0.1) is 17.2 Å². The molecule has 2 aromatic carbocycles. The number of nitrogens with two attached hydrogens (primary N) is 1. The van der Waals surface area contributed by atoms with E-state index in [0.29, 0.717) is 23.4 Å². The number of fused-ring (bicyclic) bond motifs is 1. The fourth-order valence-electron chi connectivity index (χ4n) is 4.36. The smallest absolute Gasteiger partial charge is 0.261 e. The van der Waals surface area contributed by atoms with Crippen LogP contribution in [0, 0.1) is 6.92 Å². The average molecular weight is 434 g/mol. The number of primary amides is 1. The van der Waals surface area contributed by atoms with Crippen LogP contribution >= 0.6 is 0 Å². The number of hydrogen-bond acceptors (Lipinski definition) is 5. The Balaban J connectivity index is 1.34. The second-order valence-corrected chi connectivity index (χ2v) is 8.34. The Morgan fingerprint density at radius 3 is 2.66 bits per heavy atom. The first-order chi connectivity index (χ1) is 15.3. The van der Waals surface area contributed by atoms with Gasteiger partial charge in [0.2, 0.25) is 11.8 Å². The summed E-state index contributed by atoms with van der Waals surface area (Å²) in [6.07, 6.45) is 1.70. The molecule has 1 saturated heterocycles. The fourth-order valence-corrected chi connectivity index (χ4v) is 4.36. The minimum Gasteiger partial charge on any atom is -0.368 e. The summed E-state index contributed by atoms with van der Waals surface area (Å²) in [7, 11) is 0. The Hall–Kier alpha value is -3.52. The lowest BCUT2D eigenvalue weighted by atomic mass is 10.1. The molecular weight excluding hydrogens is 408 g/mol. The zero-order valence-electron chi connectivity index (χ0n) is 18.0. The van der Waals surface area contributed by atoms with E-state index in [2.05, 4.69) is 5.32 Å². The molecule has 8 nitrogen and oxygen atoms in total. The van der Waals surface area contributed by atoms with Crippen molar-refractivity contribution in [3.05, 3.63) is 64.7 Å². The molecule has 1 fully saturated rings. The molecule has 8 heteroatoms. The molecule has 0 aliphatic carbocycles. The van der Waals surface area contributed by atoms with Gasteiger partial charge in [0, 0.05) is 25.2 Å². The van der Waals surface area contributed by atoms with E-state index in [-0.39, 0.29) is 42.6 Å². The van der Waals surface area contributed by atoms with Crippen molar-refractivity contribution < 1.29 is 19.2 Å². The van der Waals surface area contributed by atoms with Crippen LogP contribution in [0.15, 0.2) is 42.5 Å². The highest BCUT2D eigenvalue weighted by Crippen LogP contribution is 2.24. The largest absolute Gasteiger partial charge is 0.368 e. The van der Waals surface area contributed by atoms with Crippen molar-refractivity contribution >= 4 is 29.3 Å². The van der Waals surface area contributed by atoms with Crippen molar-refractivity contribution in [3.63, 3.8) is 0 Å². The Labute approximate surface area is 186 Å². The van der Waals surface area contributed by atoms with Crippen LogP contribution in [0.5, 0.6) is 0 Å². The second kappa shape index (κ2) is 8.92. The van der Waals surface area contributed by atoms with E-state index in [9.17, 15) is 19.2 Å². The van der Waals surface area contributed by atoms with Crippen molar-refractivity contribution in [2.75, 3.05) is 18.4 Å². The number of rotatable bonds is 7. The van der Waals surface area contributed by atoms with Crippen molar-refractivity contribution in [2.24, 2.45) is 5.73 Å². The van der Waals surface area contributed by atoms with Crippen molar-refractivity contribution in [2.45, 2.75) is 38.8 Å². The summed E-state index contributed by atoms with van der Waals surface area (Å²) in [5, 5.41) is 2.83.